The molecule has 0 atom stereocenters. The van der Waals surface area contributed by atoms with Gasteiger partial charge in [0.15, 0.2) is 5.78 Å². The summed E-state index contributed by atoms with van der Waals surface area (Å²) in [5.41, 5.74) is 6.66. The average molecular weight is 314 g/mol. The Labute approximate surface area is 133 Å². The minimum atomic E-state index is -0.516. The van der Waals surface area contributed by atoms with E-state index in [1.54, 1.807) is 37.3 Å². The first-order valence-electron chi connectivity index (χ1n) is 7.17. The van der Waals surface area contributed by atoms with Crippen molar-refractivity contribution in [3.63, 3.8) is 0 Å². The Kier molecular flexibility index (Phi) is 4.95. The summed E-state index contributed by atoms with van der Waals surface area (Å²) in [6.07, 6.45) is 0.626. The van der Waals surface area contributed by atoms with Gasteiger partial charge in [-0.1, -0.05) is 0 Å². The molecule has 2 amide bonds. The summed E-state index contributed by atoms with van der Waals surface area (Å²) in [6, 6.07) is 8.00. The van der Waals surface area contributed by atoms with E-state index in [2.05, 4.69) is 5.32 Å². The molecule has 0 bridgehead atoms. The largest absolute Gasteiger partial charge is 0.466 e. The van der Waals surface area contributed by atoms with Crippen LogP contribution >= 0.6 is 0 Å². The number of primary amides is 1. The molecule has 6 nitrogen and oxygen atoms in total. The predicted molar refractivity (Wildman–Crippen MR) is 85.4 cm³/mol. The standard InChI is InChI=1S/C17H18N2O4/c1-10(20)15-9-14(23-11(15)2)7-8-16(21)19-13-5-3-12(4-6-13)17(18)22/h3-6,9H,7-8H2,1-2H3,(H2,18,22)(H,19,21). The molecule has 0 aliphatic heterocycles. The Morgan fingerprint density at radius 2 is 1.83 bits per heavy atom. The fourth-order valence-corrected chi connectivity index (χ4v) is 2.19. The molecular formula is C17H18N2O4. The minimum Gasteiger partial charge on any atom is -0.466 e. The van der Waals surface area contributed by atoms with Gasteiger partial charge in [-0.15, -0.1) is 0 Å². The van der Waals surface area contributed by atoms with Crippen LogP contribution in [0.15, 0.2) is 34.7 Å². The van der Waals surface area contributed by atoms with Crippen molar-refractivity contribution in [2.75, 3.05) is 5.32 Å². The smallest absolute Gasteiger partial charge is 0.248 e. The van der Waals surface area contributed by atoms with Crippen LogP contribution in [0.2, 0.25) is 0 Å². The quantitative estimate of drug-likeness (QED) is 0.799. The van der Waals surface area contributed by atoms with Crippen molar-refractivity contribution >= 4 is 23.3 Å². The van der Waals surface area contributed by atoms with Crippen molar-refractivity contribution in [3.8, 4) is 0 Å². The van der Waals surface area contributed by atoms with Crippen LogP contribution in [0, 0.1) is 6.92 Å². The summed E-state index contributed by atoms with van der Waals surface area (Å²) in [7, 11) is 0. The lowest BCUT2D eigenvalue weighted by Crippen LogP contribution is -2.13. The molecule has 120 valence electrons. The minimum absolute atomic E-state index is 0.0588. The van der Waals surface area contributed by atoms with E-state index in [0.717, 1.165) is 0 Å². The van der Waals surface area contributed by atoms with Crippen LogP contribution in [0.1, 0.15) is 45.6 Å². The van der Waals surface area contributed by atoms with Crippen LogP contribution in [-0.4, -0.2) is 17.6 Å². The lowest BCUT2D eigenvalue weighted by atomic mass is 10.1. The normalized spacial score (nSPS) is 10.3. The molecule has 6 heteroatoms. The lowest BCUT2D eigenvalue weighted by molar-refractivity contribution is -0.116. The number of anilines is 1. The molecule has 2 rings (SSSR count). The van der Waals surface area contributed by atoms with Crippen LogP contribution in [0.5, 0.6) is 0 Å². The second-order valence-corrected chi connectivity index (χ2v) is 5.23. The lowest BCUT2D eigenvalue weighted by Gasteiger charge is -2.05. The van der Waals surface area contributed by atoms with Crippen molar-refractivity contribution in [1.29, 1.82) is 0 Å². The maximum atomic E-state index is 11.9. The van der Waals surface area contributed by atoms with Gasteiger partial charge in [-0.05, 0) is 44.2 Å². The molecule has 0 spiro atoms. The van der Waals surface area contributed by atoms with Crippen LogP contribution in [-0.2, 0) is 11.2 Å². The maximum absolute atomic E-state index is 11.9. The summed E-state index contributed by atoms with van der Waals surface area (Å²) in [4.78, 5) is 34.3. The topological polar surface area (TPSA) is 102 Å². The number of amides is 2. The summed E-state index contributed by atoms with van der Waals surface area (Å²) >= 11 is 0. The van der Waals surface area contributed by atoms with E-state index in [9.17, 15) is 14.4 Å². The highest BCUT2D eigenvalue weighted by atomic mass is 16.3. The van der Waals surface area contributed by atoms with Crippen molar-refractivity contribution < 1.29 is 18.8 Å². The second-order valence-electron chi connectivity index (χ2n) is 5.23. The summed E-state index contributed by atoms with van der Waals surface area (Å²) in [5, 5.41) is 2.72. The van der Waals surface area contributed by atoms with E-state index in [0.29, 0.717) is 34.8 Å². The highest BCUT2D eigenvalue weighted by Crippen LogP contribution is 2.17. The molecule has 23 heavy (non-hydrogen) atoms. The number of Topliss-reactive ketones (excluding diaryl/α,β-unsaturated/α-hetero) is 1. The van der Waals surface area contributed by atoms with Crippen molar-refractivity contribution in [1.82, 2.24) is 0 Å². The summed E-state index contributed by atoms with van der Waals surface area (Å²) in [6.45, 7) is 3.20. The third kappa shape index (κ3) is 4.29. The molecule has 0 saturated heterocycles. The molecule has 1 aromatic heterocycles. The van der Waals surface area contributed by atoms with Crippen LogP contribution in [0.25, 0.3) is 0 Å². The van der Waals surface area contributed by atoms with Crippen molar-refractivity contribution in [2.24, 2.45) is 5.73 Å². The zero-order valence-electron chi connectivity index (χ0n) is 13.0. The molecule has 0 saturated carbocycles. The summed E-state index contributed by atoms with van der Waals surface area (Å²) in [5.74, 6) is 0.408. The van der Waals surface area contributed by atoms with Gasteiger partial charge in [0.2, 0.25) is 11.8 Å². The zero-order chi connectivity index (χ0) is 17.0. The van der Waals surface area contributed by atoms with Crippen molar-refractivity contribution in [2.45, 2.75) is 26.7 Å². The van der Waals surface area contributed by atoms with E-state index in [4.69, 9.17) is 10.2 Å². The molecule has 0 fully saturated rings. The number of nitrogens with one attached hydrogen (secondary N) is 1. The number of nitrogens with two attached hydrogens (primary N) is 1. The number of rotatable bonds is 6. The number of carbonyl (C=O) groups excluding carboxylic acids is 3. The third-order valence-electron chi connectivity index (χ3n) is 3.40. The Hall–Kier alpha value is -2.89. The number of hydrogen-bond acceptors (Lipinski definition) is 4. The number of hydrogen-bond donors (Lipinski definition) is 2. The van der Waals surface area contributed by atoms with Gasteiger partial charge in [0.25, 0.3) is 0 Å². The Morgan fingerprint density at radius 1 is 1.17 bits per heavy atom. The fraction of sp³-hybridized carbons (Fsp3) is 0.235. The van der Waals surface area contributed by atoms with Crippen molar-refractivity contribution in [3.05, 3.63) is 53.0 Å². The molecule has 3 N–H and O–H groups in total. The highest BCUT2D eigenvalue weighted by Gasteiger charge is 2.12. The molecule has 0 radical (unpaired) electrons. The van der Waals surface area contributed by atoms with Gasteiger partial charge in [0, 0.05) is 24.1 Å². The number of aryl methyl sites for hydroxylation is 2. The van der Waals surface area contributed by atoms with E-state index in [1.807, 2.05) is 0 Å². The first kappa shape index (κ1) is 16.5. The Morgan fingerprint density at radius 3 is 2.35 bits per heavy atom. The first-order valence-corrected chi connectivity index (χ1v) is 7.17. The van der Waals surface area contributed by atoms with Gasteiger partial charge in [-0.25, -0.2) is 0 Å². The van der Waals surface area contributed by atoms with Gasteiger partial charge >= 0.3 is 0 Å². The number of furan rings is 1. The number of benzene rings is 1. The van der Waals surface area contributed by atoms with Gasteiger partial charge in [0.05, 0.1) is 5.56 Å². The monoisotopic (exact) mass is 314 g/mol. The van der Waals surface area contributed by atoms with E-state index in [1.165, 1.54) is 6.92 Å². The zero-order valence-corrected chi connectivity index (χ0v) is 13.0. The summed E-state index contributed by atoms with van der Waals surface area (Å²) < 4.78 is 5.47. The molecule has 1 heterocycles. The fourth-order valence-electron chi connectivity index (χ4n) is 2.19. The molecule has 0 unspecified atom stereocenters. The molecular weight excluding hydrogens is 296 g/mol. The SMILES string of the molecule is CC(=O)c1cc(CCC(=O)Nc2ccc(C(N)=O)cc2)oc1C. The van der Waals surface area contributed by atoms with Crippen LogP contribution < -0.4 is 11.1 Å². The van der Waals surface area contributed by atoms with E-state index in [-0.39, 0.29) is 18.1 Å². The van der Waals surface area contributed by atoms with Gasteiger partial charge in [-0.3, -0.25) is 14.4 Å². The van der Waals surface area contributed by atoms with E-state index < -0.39 is 5.91 Å². The highest BCUT2D eigenvalue weighted by molar-refractivity contribution is 5.95. The average Bonchev–Trinajstić information content (AvgIpc) is 2.87. The Balaban J connectivity index is 1.91. The molecule has 0 aliphatic carbocycles. The van der Waals surface area contributed by atoms with Crippen LogP contribution in [0.4, 0.5) is 5.69 Å². The maximum Gasteiger partial charge on any atom is 0.248 e. The molecule has 0 aliphatic rings. The van der Waals surface area contributed by atoms with Crippen LogP contribution in [0.3, 0.4) is 0 Å². The van der Waals surface area contributed by atoms with Gasteiger partial charge < -0.3 is 15.5 Å². The predicted octanol–water partition coefficient (Wildman–Crippen LogP) is 2.46. The van der Waals surface area contributed by atoms with E-state index >= 15 is 0 Å². The van der Waals surface area contributed by atoms with Gasteiger partial charge in [0.1, 0.15) is 11.5 Å². The van der Waals surface area contributed by atoms with Gasteiger partial charge in [-0.2, -0.15) is 0 Å². The third-order valence-corrected chi connectivity index (χ3v) is 3.40. The number of carbonyl (C=O) groups is 3. The second kappa shape index (κ2) is 6.91. The molecule has 1 aromatic carbocycles. The Bertz CT molecular complexity index is 744. The number of ketones is 1. The first-order chi connectivity index (χ1) is 10.9. The molecule has 2 aromatic rings.